The monoisotopic (exact) mass is 373 g/mol. The highest BCUT2D eigenvalue weighted by molar-refractivity contribution is 9.10. The smallest absolute Gasteiger partial charge is 0.124 e. The van der Waals surface area contributed by atoms with E-state index < -0.39 is 0 Å². The highest BCUT2D eigenvalue weighted by atomic mass is 79.9. The number of halogens is 2. The van der Waals surface area contributed by atoms with Gasteiger partial charge >= 0.3 is 0 Å². The number of rotatable bonds is 4. The van der Waals surface area contributed by atoms with Gasteiger partial charge in [0.25, 0.3) is 0 Å². The Kier molecular flexibility index (Phi) is 5.13. The van der Waals surface area contributed by atoms with Crippen LogP contribution in [-0.4, -0.2) is 14.2 Å². The molecule has 2 rings (SSSR count). The van der Waals surface area contributed by atoms with E-state index in [4.69, 9.17) is 16.3 Å². The molecule has 1 aromatic carbocycles. The third kappa shape index (κ3) is 2.89. The highest BCUT2D eigenvalue weighted by Crippen LogP contribution is 2.40. The van der Waals surface area contributed by atoms with Crippen molar-refractivity contribution in [2.45, 2.75) is 19.9 Å². The lowest BCUT2D eigenvalue weighted by Crippen LogP contribution is -2.18. The van der Waals surface area contributed by atoms with Gasteiger partial charge in [-0.05, 0) is 49.5 Å². The lowest BCUT2D eigenvalue weighted by molar-refractivity contribution is 0.405. The van der Waals surface area contributed by atoms with Gasteiger partial charge in [-0.3, -0.25) is 0 Å². The van der Waals surface area contributed by atoms with E-state index in [0.29, 0.717) is 0 Å². The standard InChI is InChI=1S/C15H17BrClNOS/c1-8-5-12(19-4)10(6-11(8)16)14(18-3)15-13(17)9(2)7-20-15/h5-7,14,18H,1-4H3. The maximum atomic E-state index is 6.42. The number of ether oxygens (including phenoxy) is 1. The predicted octanol–water partition coefficient (Wildman–Crippen LogP) is 5.10. The molecule has 20 heavy (non-hydrogen) atoms. The van der Waals surface area contributed by atoms with Gasteiger partial charge in [0.1, 0.15) is 5.75 Å². The second kappa shape index (κ2) is 6.48. The molecule has 0 saturated carbocycles. The summed E-state index contributed by atoms with van der Waals surface area (Å²) in [5.74, 6) is 0.868. The Labute approximate surface area is 137 Å². The lowest BCUT2D eigenvalue weighted by atomic mass is 10.0. The first kappa shape index (κ1) is 15.8. The maximum absolute atomic E-state index is 6.42. The summed E-state index contributed by atoms with van der Waals surface area (Å²) in [6.45, 7) is 4.07. The summed E-state index contributed by atoms with van der Waals surface area (Å²) in [7, 11) is 3.63. The van der Waals surface area contributed by atoms with E-state index in [9.17, 15) is 0 Å². The van der Waals surface area contributed by atoms with Crippen LogP contribution in [0.1, 0.15) is 27.6 Å². The van der Waals surface area contributed by atoms with Gasteiger partial charge in [0.2, 0.25) is 0 Å². The molecule has 0 bridgehead atoms. The first-order valence-electron chi connectivity index (χ1n) is 6.24. The van der Waals surface area contributed by atoms with Crippen molar-refractivity contribution in [3.63, 3.8) is 0 Å². The number of hydrogen-bond acceptors (Lipinski definition) is 3. The molecule has 2 nitrogen and oxygen atoms in total. The Balaban J connectivity index is 2.57. The van der Waals surface area contributed by atoms with Crippen molar-refractivity contribution in [1.29, 1.82) is 0 Å². The van der Waals surface area contributed by atoms with E-state index in [1.54, 1.807) is 18.4 Å². The number of aryl methyl sites for hydroxylation is 2. The highest BCUT2D eigenvalue weighted by Gasteiger charge is 2.22. The molecule has 1 unspecified atom stereocenters. The van der Waals surface area contributed by atoms with Crippen LogP contribution in [0.15, 0.2) is 22.0 Å². The molecular formula is C15H17BrClNOS. The Morgan fingerprint density at radius 2 is 2.00 bits per heavy atom. The Bertz CT molecular complexity index is 627. The zero-order valence-electron chi connectivity index (χ0n) is 11.9. The third-order valence-corrected chi connectivity index (χ3v) is 5.93. The van der Waals surface area contributed by atoms with Crippen molar-refractivity contribution in [2.24, 2.45) is 0 Å². The van der Waals surface area contributed by atoms with Crippen molar-refractivity contribution in [2.75, 3.05) is 14.2 Å². The molecule has 1 atom stereocenters. The zero-order valence-corrected chi connectivity index (χ0v) is 15.0. The molecular weight excluding hydrogens is 358 g/mol. The van der Waals surface area contributed by atoms with Gasteiger partial charge in [-0.1, -0.05) is 27.5 Å². The molecule has 0 aliphatic heterocycles. The Morgan fingerprint density at radius 3 is 2.50 bits per heavy atom. The molecule has 0 aliphatic carbocycles. The van der Waals surface area contributed by atoms with Gasteiger partial charge in [-0.25, -0.2) is 0 Å². The summed E-state index contributed by atoms with van der Waals surface area (Å²) in [6, 6.07) is 4.16. The second-order valence-corrected chi connectivity index (χ2v) is 6.81. The number of nitrogens with one attached hydrogen (secondary N) is 1. The molecule has 0 fully saturated rings. The van der Waals surface area contributed by atoms with Crippen LogP contribution in [0.25, 0.3) is 0 Å². The fourth-order valence-electron chi connectivity index (χ4n) is 2.15. The minimum Gasteiger partial charge on any atom is -0.496 e. The predicted molar refractivity (Wildman–Crippen MR) is 90.4 cm³/mol. The normalized spacial score (nSPS) is 12.5. The summed E-state index contributed by atoms with van der Waals surface area (Å²) in [5.41, 5.74) is 3.34. The molecule has 1 heterocycles. The maximum Gasteiger partial charge on any atom is 0.124 e. The largest absolute Gasteiger partial charge is 0.496 e. The summed E-state index contributed by atoms with van der Waals surface area (Å²) in [6.07, 6.45) is 0. The van der Waals surface area contributed by atoms with Crippen LogP contribution < -0.4 is 10.1 Å². The van der Waals surface area contributed by atoms with Crippen molar-refractivity contribution in [1.82, 2.24) is 5.32 Å². The van der Waals surface area contributed by atoms with E-state index in [2.05, 4.69) is 32.7 Å². The topological polar surface area (TPSA) is 21.3 Å². The van der Waals surface area contributed by atoms with E-state index >= 15 is 0 Å². The molecule has 0 radical (unpaired) electrons. The van der Waals surface area contributed by atoms with E-state index in [1.807, 2.05) is 27.0 Å². The van der Waals surface area contributed by atoms with Crippen LogP contribution in [0.5, 0.6) is 5.75 Å². The zero-order chi connectivity index (χ0) is 14.9. The second-order valence-electron chi connectivity index (χ2n) is 4.66. The SMILES string of the molecule is CNC(c1cc(Br)c(C)cc1OC)c1scc(C)c1Cl. The molecule has 5 heteroatoms. The van der Waals surface area contributed by atoms with Crippen molar-refractivity contribution < 1.29 is 4.74 Å². The van der Waals surface area contributed by atoms with Gasteiger partial charge < -0.3 is 10.1 Å². The number of benzene rings is 1. The van der Waals surface area contributed by atoms with Crippen LogP contribution in [0.3, 0.4) is 0 Å². The fourth-order valence-corrected chi connectivity index (χ4v) is 3.94. The molecule has 0 spiro atoms. The third-order valence-electron chi connectivity index (χ3n) is 3.30. The minimum absolute atomic E-state index is 0.0213. The van der Waals surface area contributed by atoms with Crippen molar-refractivity contribution in [3.8, 4) is 5.75 Å². The summed E-state index contributed by atoms with van der Waals surface area (Å²) in [4.78, 5) is 1.11. The van der Waals surface area contributed by atoms with Crippen LogP contribution in [-0.2, 0) is 0 Å². The van der Waals surface area contributed by atoms with Crippen molar-refractivity contribution in [3.05, 3.63) is 48.6 Å². The molecule has 1 N–H and O–H groups in total. The molecule has 2 aromatic rings. The van der Waals surface area contributed by atoms with Crippen LogP contribution >= 0.6 is 38.9 Å². The summed E-state index contributed by atoms with van der Waals surface area (Å²) in [5, 5.41) is 6.24. The van der Waals surface area contributed by atoms with Gasteiger partial charge in [-0.15, -0.1) is 11.3 Å². The van der Waals surface area contributed by atoms with Crippen LogP contribution in [0, 0.1) is 13.8 Å². The van der Waals surface area contributed by atoms with Crippen LogP contribution in [0.4, 0.5) is 0 Å². The first-order valence-corrected chi connectivity index (χ1v) is 8.29. The quantitative estimate of drug-likeness (QED) is 0.804. The van der Waals surface area contributed by atoms with Crippen molar-refractivity contribution >= 4 is 38.9 Å². The van der Waals surface area contributed by atoms with E-state index in [1.165, 1.54) is 0 Å². The average molecular weight is 375 g/mol. The minimum atomic E-state index is 0.0213. The number of hydrogen-bond donors (Lipinski definition) is 1. The number of thiophene rings is 1. The van der Waals surface area contributed by atoms with Gasteiger partial charge in [0.05, 0.1) is 18.2 Å². The summed E-state index contributed by atoms with van der Waals surface area (Å²) >= 11 is 11.7. The first-order chi connectivity index (χ1) is 9.49. The molecule has 0 aliphatic rings. The van der Waals surface area contributed by atoms with E-state index in [0.717, 1.165) is 36.8 Å². The lowest BCUT2D eigenvalue weighted by Gasteiger charge is -2.20. The molecule has 0 amide bonds. The average Bonchev–Trinajstić information content (AvgIpc) is 2.75. The van der Waals surface area contributed by atoms with Gasteiger partial charge in [-0.2, -0.15) is 0 Å². The Hall–Kier alpha value is -0.550. The summed E-state index contributed by atoms with van der Waals surface area (Å²) < 4.78 is 6.60. The van der Waals surface area contributed by atoms with Gasteiger partial charge in [0.15, 0.2) is 0 Å². The molecule has 108 valence electrons. The molecule has 0 saturated heterocycles. The van der Waals surface area contributed by atoms with Crippen LogP contribution in [0.2, 0.25) is 5.02 Å². The van der Waals surface area contributed by atoms with Gasteiger partial charge in [0, 0.05) is 14.9 Å². The Morgan fingerprint density at radius 1 is 1.30 bits per heavy atom. The fraction of sp³-hybridized carbons (Fsp3) is 0.333. The molecule has 1 aromatic heterocycles. The number of methoxy groups -OCH3 is 1. The van der Waals surface area contributed by atoms with E-state index in [-0.39, 0.29) is 6.04 Å².